The first-order chi connectivity index (χ1) is 9.28. The molecule has 0 unspecified atom stereocenters. The Balaban J connectivity index is 2.18. The van der Waals surface area contributed by atoms with Gasteiger partial charge in [-0.05, 0) is 55.2 Å². The highest BCUT2D eigenvalue weighted by Gasteiger charge is 2.39. The first kappa shape index (κ1) is 15.4. The first-order valence-electron chi connectivity index (χ1n) is 7.53. The summed E-state index contributed by atoms with van der Waals surface area (Å²) in [5.74, 6) is -0.190. The van der Waals surface area contributed by atoms with Gasteiger partial charge in [0.05, 0.1) is 0 Å². The van der Waals surface area contributed by atoms with Crippen LogP contribution in [-0.4, -0.2) is 0 Å². The Bertz CT molecular complexity index is 474. The van der Waals surface area contributed by atoms with Gasteiger partial charge in [0, 0.05) is 11.1 Å². The van der Waals surface area contributed by atoms with Crippen LogP contribution in [0.15, 0.2) is 18.2 Å². The van der Waals surface area contributed by atoms with E-state index in [0.29, 0.717) is 16.9 Å². The van der Waals surface area contributed by atoms with Gasteiger partial charge >= 0.3 is 0 Å². The van der Waals surface area contributed by atoms with Gasteiger partial charge in [-0.1, -0.05) is 27.2 Å². The standard InChI is InChI=1S/C17H25F2N/c1-4-16(2,3)12-7-9-17(20,10-8-12)14-11-13(18)5-6-15(14)19/h5-6,11-12H,4,7-10,20H2,1-3H3. The molecule has 112 valence electrons. The minimum Gasteiger partial charge on any atom is -0.321 e. The van der Waals surface area contributed by atoms with E-state index in [1.54, 1.807) is 0 Å². The molecule has 1 aliphatic carbocycles. The summed E-state index contributed by atoms with van der Waals surface area (Å²) in [6.07, 6.45) is 4.53. The van der Waals surface area contributed by atoms with E-state index in [-0.39, 0.29) is 5.82 Å². The smallest absolute Gasteiger partial charge is 0.128 e. The predicted octanol–water partition coefficient (Wildman–Crippen LogP) is 4.75. The quantitative estimate of drug-likeness (QED) is 0.850. The molecule has 1 saturated carbocycles. The highest BCUT2D eigenvalue weighted by Crippen LogP contribution is 2.46. The van der Waals surface area contributed by atoms with Crippen molar-refractivity contribution in [3.63, 3.8) is 0 Å². The van der Waals surface area contributed by atoms with E-state index in [9.17, 15) is 8.78 Å². The van der Waals surface area contributed by atoms with Crippen molar-refractivity contribution < 1.29 is 8.78 Å². The zero-order chi connectivity index (χ0) is 15.0. The molecule has 1 aromatic rings. The molecule has 2 rings (SSSR count). The summed E-state index contributed by atoms with van der Waals surface area (Å²) in [7, 11) is 0. The van der Waals surface area contributed by atoms with Gasteiger partial charge in [0.2, 0.25) is 0 Å². The van der Waals surface area contributed by atoms with Gasteiger partial charge in [-0.15, -0.1) is 0 Å². The van der Waals surface area contributed by atoms with Gasteiger partial charge in [-0.25, -0.2) is 8.78 Å². The molecule has 0 amide bonds. The van der Waals surface area contributed by atoms with E-state index >= 15 is 0 Å². The summed E-state index contributed by atoms with van der Waals surface area (Å²) < 4.78 is 27.3. The van der Waals surface area contributed by atoms with Crippen LogP contribution in [0.1, 0.15) is 58.4 Å². The SMILES string of the molecule is CCC(C)(C)C1CCC(N)(c2cc(F)ccc2F)CC1. The van der Waals surface area contributed by atoms with Crippen molar-refractivity contribution in [2.75, 3.05) is 0 Å². The first-order valence-corrected chi connectivity index (χ1v) is 7.53. The maximum atomic E-state index is 13.9. The molecule has 1 aliphatic rings. The van der Waals surface area contributed by atoms with E-state index in [1.807, 2.05) is 0 Å². The Labute approximate surface area is 120 Å². The Morgan fingerprint density at radius 2 is 1.85 bits per heavy atom. The summed E-state index contributed by atoms with van der Waals surface area (Å²) in [6, 6.07) is 3.59. The molecule has 0 radical (unpaired) electrons. The third kappa shape index (κ3) is 2.88. The lowest BCUT2D eigenvalue weighted by molar-refractivity contribution is 0.113. The van der Waals surface area contributed by atoms with Crippen molar-refractivity contribution in [2.24, 2.45) is 17.1 Å². The molecule has 0 bridgehead atoms. The molecular weight excluding hydrogens is 256 g/mol. The van der Waals surface area contributed by atoms with Crippen molar-refractivity contribution >= 4 is 0 Å². The second-order valence-electron chi connectivity index (χ2n) is 6.90. The largest absolute Gasteiger partial charge is 0.321 e. The molecule has 20 heavy (non-hydrogen) atoms. The number of benzene rings is 1. The molecular formula is C17H25F2N. The van der Waals surface area contributed by atoms with Crippen molar-refractivity contribution in [3.8, 4) is 0 Å². The van der Waals surface area contributed by atoms with Crippen molar-refractivity contribution in [1.29, 1.82) is 0 Å². The highest BCUT2D eigenvalue weighted by atomic mass is 19.1. The van der Waals surface area contributed by atoms with E-state index < -0.39 is 11.4 Å². The highest BCUT2D eigenvalue weighted by molar-refractivity contribution is 5.27. The second-order valence-corrected chi connectivity index (χ2v) is 6.90. The molecule has 0 atom stereocenters. The van der Waals surface area contributed by atoms with Gasteiger partial charge in [-0.2, -0.15) is 0 Å². The lowest BCUT2D eigenvalue weighted by Crippen LogP contribution is -2.43. The fourth-order valence-corrected chi connectivity index (χ4v) is 3.35. The normalized spacial score (nSPS) is 27.6. The number of hydrogen-bond acceptors (Lipinski definition) is 1. The van der Waals surface area contributed by atoms with E-state index in [1.165, 1.54) is 12.1 Å². The molecule has 0 aromatic heterocycles. The fourth-order valence-electron chi connectivity index (χ4n) is 3.35. The minimum atomic E-state index is -0.716. The zero-order valence-electron chi connectivity index (χ0n) is 12.7. The molecule has 0 spiro atoms. The van der Waals surface area contributed by atoms with Gasteiger partial charge in [0.15, 0.2) is 0 Å². The topological polar surface area (TPSA) is 26.0 Å². The van der Waals surface area contributed by atoms with Crippen LogP contribution in [0.2, 0.25) is 0 Å². The van der Waals surface area contributed by atoms with Crippen molar-refractivity contribution in [2.45, 2.75) is 58.4 Å². The van der Waals surface area contributed by atoms with Crippen LogP contribution in [0, 0.1) is 23.0 Å². The second kappa shape index (κ2) is 5.44. The maximum Gasteiger partial charge on any atom is 0.128 e. The molecule has 0 saturated heterocycles. The Morgan fingerprint density at radius 1 is 1.25 bits per heavy atom. The van der Waals surface area contributed by atoms with Gasteiger partial charge in [0.1, 0.15) is 11.6 Å². The Morgan fingerprint density at radius 3 is 2.40 bits per heavy atom. The van der Waals surface area contributed by atoms with Crippen LogP contribution >= 0.6 is 0 Å². The summed E-state index contributed by atoms with van der Waals surface area (Å²) in [5, 5.41) is 0. The van der Waals surface area contributed by atoms with E-state index in [4.69, 9.17) is 5.73 Å². The number of hydrogen-bond donors (Lipinski definition) is 1. The zero-order valence-corrected chi connectivity index (χ0v) is 12.7. The number of nitrogens with two attached hydrogens (primary N) is 1. The van der Waals surface area contributed by atoms with Crippen LogP contribution < -0.4 is 5.73 Å². The van der Waals surface area contributed by atoms with Crippen molar-refractivity contribution in [3.05, 3.63) is 35.4 Å². The van der Waals surface area contributed by atoms with Crippen molar-refractivity contribution in [1.82, 2.24) is 0 Å². The van der Waals surface area contributed by atoms with Crippen LogP contribution in [0.3, 0.4) is 0 Å². The third-order valence-corrected chi connectivity index (χ3v) is 5.36. The Hall–Kier alpha value is -0.960. The number of halogens is 2. The molecule has 3 heteroatoms. The molecule has 1 nitrogen and oxygen atoms in total. The number of rotatable bonds is 3. The lowest BCUT2D eigenvalue weighted by Gasteiger charge is -2.43. The molecule has 0 aliphatic heterocycles. The van der Waals surface area contributed by atoms with Gasteiger partial charge < -0.3 is 5.73 Å². The van der Waals surface area contributed by atoms with Crippen LogP contribution in [-0.2, 0) is 5.54 Å². The van der Waals surface area contributed by atoms with Crippen LogP contribution in [0.25, 0.3) is 0 Å². The molecule has 2 N–H and O–H groups in total. The average molecular weight is 281 g/mol. The summed E-state index contributed by atoms with van der Waals surface area (Å²) in [6.45, 7) is 6.77. The van der Waals surface area contributed by atoms with Crippen LogP contribution in [0.4, 0.5) is 8.78 Å². The summed E-state index contributed by atoms with van der Waals surface area (Å²) in [5.41, 5.74) is 6.31. The lowest BCUT2D eigenvalue weighted by atomic mass is 9.64. The molecule has 1 fully saturated rings. The van der Waals surface area contributed by atoms with Gasteiger partial charge in [0.25, 0.3) is 0 Å². The van der Waals surface area contributed by atoms with Gasteiger partial charge in [-0.3, -0.25) is 0 Å². The average Bonchev–Trinajstić information content (AvgIpc) is 2.42. The summed E-state index contributed by atoms with van der Waals surface area (Å²) in [4.78, 5) is 0. The maximum absolute atomic E-state index is 13.9. The summed E-state index contributed by atoms with van der Waals surface area (Å²) >= 11 is 0. The minimum absolute atomic E-state index is 0.293. The Kier molecular flexibility index (Phi) is 4.19. The molecule has 0 heterocycles. The van der Waals surface area contributed by atoms with Crippen LogP contribution in [0.5, 0.6) is 0 Å². The fraction of sp³-hybridized carbons (Fsp3) is 0.647. The predicted molar refractivity (Wildman–Crippen MR) is 78.3 cm³/mol. The third-order valence-electron chi connectivity index (χ3n) is 5.36. The monoisotopic (exact) mass is 281 g/mol. The van der Waals surface area contributed by atoms with E-state index in [2.05, 4.69) is 20.8 Å². The van der Waals surface area contributed by atoms with E-state index in [0.717, 1.165) is 38.2 Å². The molecule has 1 aromatic carbocycles.